The first kappa shape index (κ1) is 17.4. The second-order valence-corrected chi connectivity index (χ2v) is 6.74. The van der Waals surface area contributed by atoms with E-state index < -0.39 is 0 Å². The van der Waals surface area contributed by atoms with Crippen LogP contribution in [-0.4, -0.2) is 37.1 Å². The molecule has 2 aliphatic heterocycles. The van der Waals surface area contributed by atoms with Crippen molar-refractivity contribution in [2.24, 2.45) is 0 Å². The zero-order valence-electron chi connectivity index (χ0n) is 15.0. The number of nitrogens with one attached hydrogen (secondary N) is 1. The van der Waals surface area contributed by atoms with Crippen molar-refractivity contribution >= 4 is 11.6 Å². The summed E-state index contributed by atoms with van der Waals surface area (Å²) < 4.78 is 11.3. The van der Waals surface area contributed by atoms with Crippen LogP contribution in [0.3, 0.4) is 0 Å². The standard InChI is InChI=1S/C21H21N3O3/c22-13-16-4-1-2-5-17(16)23-21(25)14-24-9-3-6-18(24)15-7-8-19-20(12-15)27-11-10-26-19/h1-2,4-5,7-8,12,18H,3,6,9-11,14H2,(H,23,25)/t18-/m1/s1. The minimum Gasteiger partial charge on any atom is -0.486 e. The van der Waals surface area contributed by atoms with Crippen LogP contribution in [-0.2, 0) is 4.79 Å². The lowest BCUT2D eigenvalue weighted by Gasteiger charge is -2.26. The number of nitrogens with zero attached hydrogens (tertiary/aromatic N) is 2. The quantitative estimate of drug-likeness (QED) is 0.903. The first-order valence-electron chi connectivity index (χ1n) is 9.17. The molecule has 0 unspecified atom stereocenters. The average Bonchev–Trinajstić information content (AvgIpc) is 3.16. The molecular weight excluding hydrogens is 342 g/mol. The number of hydrogen-bond acceptors (Lipinski definition) is 5. The number of rotatable bonds is 4. The Morgan fingerprint density at radius 3 is 2.85 bits per heavy atom. The van der Waals surface area contributed by atoms with Gasteiger partial charge < -0.3 is 14.8 Å². The van der Waals surface area contributed by atoms with Gasteiger partial charge in [-0.15, -0.1) is 0 Å². The van der Waals surface area contributed by atoms with Gasteiger partial charge in [0.05, 0.1) is 17.8 Å². The van der Waals surface area contributed by atoms with Crippen LogP contribution in [0.15, 0.2) is 42.5 Å². The lowest BCUT2D eigenvalue weighted by Crippen LogP contribution is -2.33. The molecule has 0 spiro atoms. The molecule has 138 valence electrons. The van der Waals surface area contributed by atoms with Crippen LogP contribution in [0.4, 0.5) is 5.69 Å². The summed E-state index contributed by atoms with van der Waals surface area (Å²) in [5.41, 5.74) is 2.16. The minimum atomic E-state index is -0.109. The highest BCUT2D eigenvalue weighted by Crippen LogP contribution is 2.37. The topological polar surface area (TPSA) is 74.6 Å². The van der Waals surface area contributed by atoms with Crippen LogP contribution < -0.4 is 14.8 Å². The lowest BCUT2D eigenvalue weighted by molar-refractivity contribution is -0.117. The Bertz CT molecular complexity index is 890. The number of carbonyl (C=O) groups is 1. The third kappa shape index (κ3) is 3.74. The number of hydrogen-bond donors (Lipinski definition) is 1. The fourth-order valence-electron chi connectivity index (χ4n) is 3.72. The number of benzene rings is 2. The molecule has 1 atom stereocenters. The highest BCUT2D eigenvalue weighted by molar-refractivity contribution is 5.93. The molecule has 2 aromatic carbocycles. The Hall–Kier alpha value is -3.04. The molecule has 1 saturated heterocycles. The van der Waals surface area contributed by atoms with E-state index in [-0.39, 0.29) is 11.9 Å². The summed E-state index contributed by atoms with van der Waals surface area (Å²) in [6.45, 7) is 2.29. The lowest BCUT2D eigenvalue weighted by atomic mass is 10.0. The fourth-order valence-corrected chi connectivity index (χ4v) is 3.72. The van der Waals surface area contributed by atoms with E-state index in [1.807, 2.05) is 18.2 Å². The molecule has 0 aromatic heterocycles. The number of ether oxygens (including phenoxy) is 2. The Morgan fingerprint density at radius 1 is 1.19 bits per heavy atom. The van der Waals surface area contributed by atoms with Gasteiger partial charge in [0.25, 0.3) is 0 Å². The maximum atomic E-state index is 12.5. The van der Waals surface area contributed by atoms with Crippen molar-refractivity contribution in [1.82, 2.24) is 4.90 Å². The molecule has 27 heavy (non-hydrogen) atoms. The number of carbonyl (C=O) groups excluding carboxylic acids is 1. The number of anilines is 1. The molecule has 4 rings (SSSR count). The molecule has 0 bridgehead atoms. The largest absolute Gasteiger partial charge is 0.486 e. The van der Waals surface area contributed by atoms with E-state index in [9.17, 15) is 4.79 Å². The number of fused-ring (bicyclic) bond motifs is 1. The van der Waals surface area contributed by atoms with E-state index in [0.717, 1.165) is 36.4 Å². The van der Waals surface area contributed by atoms with Crippen LogP contribution in [0.1, 0.15) is 30.0 Å². The maximum absolute atomic E-state index is 12.5. The Balaban J connectivity index is 1.46. The molecule has 2 heterocycles. The number of para-hydroxylation sites is 1. The number of nitriles is 1. The zero-order chi connectivity index (χ0) is 18.6. The summed E-state index contributed by atoms with van der Waals surface area (Å²) >= 11 is 0. The fraction of sp³-hybridized carbons (Fsp3) is 0.333. The molecule has 0 saturated carbocycles. The SMILES string of the molecule is N#Cc1ccccc1NC(=O)CN1CCC[C@@H]1c1ccc2c(c1)OCCO2. The second kappa shape index (κ2) is 7.68. The van der Waals surface area contributed by atoms with Crippen LogP contribution in [0, 0.1) is 11.3 Å². The smallest absolute Gasteiger partial charge is 0.238 e. The first-order valence-corrected chi connectivity index (χ1v) is 9.17. The van der Waals surface area contributed by atoms with Crippen molar-refractivity contribution in [2.75, 3.05) is 31.6 Å². The normalized spacial score (nSPS) is 18.7. The minimum absolute atomic E-state index is 0.109. The summed E-state index contributed by atoms with van der Waals surface area (Å²) in [6, 6.07) is 15.4. The van der Waals surface area contributed by atoms with E-state index in [2.05, 4.69) is 22.4 Å². The van der Waals surface area contributed by atoms with Gasteiger partial charge >= 0.3 is 0 Å². The monoisotopic (exact) mass is 363 g/mol. The number of likely N-dealkylation sites (tertiary alicyclic amines) is 1. The molecular formula is C21H21N3O3. The van der Waals surface area contributed by atoms with Gasteiger partial charge in [-0.3, -0.25) is 9.69 Å². The second-order valence-electron chi connectivity index (χ2n) is 6.74. The van der Waals surface area contributed by atoms with E-state index in [1.165, 1.54) is 0 Å². The summed E-state index contributed by atoms with van der Waals surface area (Å²) in [4.78, 5) is 14.7. The van der Waals surface area contributed by atoms with Crippen LogP contribution in [0.25, 0.3) is 0 Å². The molecule has 1 N–H and O–H groups in total. The maximum Gasteiger partial charge on any atom is 0.238 e. The zero-order valence-corrected chi connectivity index (χ0v) is 15.0. The third-order valence-corrected chi connectivity index (χ3v) is 4.98. The van der Waals surface area contributed by atoms with Gasteiger partial charge in [0.15, 0.2) is 11.5 Å². The summed E-state index contributed by atoms with van der Waals surface area (Å²) in [5.74, 6) is 1.44. The van der Waals surface area contributed by atoms with Crippen molar-refractivity contribution in [3.05, 3.63) is 53.6 Å². The van der Waals surface area contributed by atoms with Crippen molar-refractivity contribution in [2.45, 2.75) is 18.9 Å². The molecule has 6 nitrogen and oxygen atoms in total. The molecule has 0 radical (unpaired) electrons. The molecule has 2 aromatic rings. The van der Waals surface area contributed by atoms with Gasteiger partial charge in [-0.1, -0.05) is 18.2 Å². The van der Waals surface area contributed by atoms with Gasteiger partial charge in [0, 0.05) is 6.04 Å². The van der Waals surface area contributed by atoms with E-state index in [1.54, 1.807) is 18.2 Å². The van der Waals surface area contributed by atoms with Crippen molar-refractivity contribution in [3.8, 4) is 17.6 Å². The van der Waals surface area contributed by atoms with E-state index >= 15 is 0 Å². The van der Waals surface area contributed by atoms with Gasteiger partial charge in [-0.2, -0.15) is 5.26 Å². The third-order valence-electron chi connectivity index (χ3n) is 4.98. The van der Waals surface area contributed by atoms with Gasteiger partial charge in [-0.05, 0) is 49.2 Å². The van der Waals surface area contributed by atoms with Gasteiger partial charge in [-0.25, -0.2) is 0 Å². The van der Waals surface area contributed by atoms with Gasteiger partial charge in [0.2, 0.25) is 5.91 Å². The van der Waals surface area contributed by atoms with Crippen LogP contribution in [0.5, 0.6) is 11.5 Å². The van der Waals surface area contributed by atoms with E-state index in [0.29, 0.717) is 31.0 Å². The van der Waals surface area contributed by atoms with Crippen LogP contribution in [0.2, 0.25) is 0 Å². The van der Waals surface area contributed by atoms with Gasteiger partial charge in [0.1, 0.15) is 19.3 Å². The van der Waals surface area contributed by atoms with Crippen molar-refractivity contribution in [3.63, 3.8) is 0 Å². The summed E-state index contributed by atoms with van der Waals surface area (Å²) in [5, 5.41) is 12.0. The molecule has 1 fully saturated rings. The highest BCUT2D eigenvalue weighted by Gasteiger charge is 2.28. The molecule has 1 amide bonds. The molecule has 6 heteroatoms. The summed E-state index contributed by atoms with van der Waals surface area (Å²) in [6.07, 6.45) is 2.04. The van der Waals surface area contributed by atoms with Crippen molar-refractivity contribution in [1.29, 1.82) is 5.26 Å². The Morgan fingerprint density at radius 2 is 2.00 bits per heavy atom. The molecule has 0 aliphatic carbocycles. The van der Waals surface area contributed by atoms with Crippen molar-refractivity contribution < 1.29 is 14.3 Å². The first-order chi connectivity index (χ1) is 13.2. The molecule has 2 aliphatic rings. The Labute approximate surface area is 158 Å². The predicted molar refractivity (Wildman–Crippen MR) is 101 cm³/mol. The van der Waals surface area contributed by atoms with E-state index in [4.69, 9.17) is 14.7 Å². The van der Waals surface area contributed by atoms with Crippen LogP contribution >= 0.6 is 0 Å². The predicted octanol–water partition coefficient (Wildman–Crippen LogP) is 3.11. The average molecular weight is 363 g/mol. The summed E-state index contributed by atoms with van der Waals surface area (Å²) in [7, 11) is 0. The Kier molecular flexibility index (Phi) is 4.95. The number of amides is 1. The highest BCUT2D eigenvalue weighted by atomic mass is 16.6.